The average Bonchev–Trinajstić information content (AvgIpc) is 3.21. The Labute approximate surface area is 191 Å². The molecule has 5 rings (SSSR count). The molecule has 0 radical (unpaired) electrons. The first-order valence-electron chi connectivity index (χ1n) is 11.0. The van der Waals surface area contributed by atoms with Gasteiger partial charge in [-0.05, 0) is 54.7 Å². The van der Waals surface area contributed by atoms with Gasteiger partial charge in [0, 0.05) is 38.4 Å². The minimum absolute atomic E-state index is 0.115. The summed E-state index contributed by atoms with van der Waals surface area (Å²) in [5, 5.41) is 7.01. The molecule has 168 valence electrons. The molecule has 4 heterocycles. The molecule has 0 atom stereocenters. The summed E-state index contributed by atoms with van der Waals surface area (Å²) in [6.45, 7) is 6.51. The van der Waals surface area contributed by atoms with Gasteiger partial charge in [-0.1, -0.05) is 18.2 Å². The van der Waals surface area contributed by atoms with Crippen LogP contribution in [0, 0.1) is 13.8 Å². The lowest BCUT2D eigenvalue weighted by Crippen LogP contribution is -2.28. The van der Waals surface area contributed by atoms with Crippen molar-refractivity contribution in [2.45, 2.75) is 26.8 Å². The van der Waals surface area contributed by atoms with E-state index < -0.39 is 0 Å². The van der Waals surface area contributed by atoms with E-state index >= 15 is 0 Å². The van der Waals surface area contributed by atoms with Crippen molar-refractivity contribution in [2.75, 3.05) is 20.1 Å². The fourth-order valence-corrected chi connectivity index (χ4v) is 4.60. The lowest BCUT2D eigenvalue weighted by atomic mass is 10.00. The highest BCUT2D eigenvalue weighted by Crippen LogP contribution is 2.25. The maximum atomic E-state index is 12.6. The minimum Gasteiger partial charge on any atom is -0.354 e. The average molecular weight is 443 g/mol. The third kappa shape index (κ3) is 3.82. The molecule has 8 nitrogen and oxygen atoms in total. The Morgan fingerprint density at radius 3 is 2.70 bits per heavy atom. The largest absolute Gasteiger partial charge is 0.354 e. The van der Waals surface area contributed by atoms with Crippen LogP contribution in [0.25, 0.3) is 22.1 Å². The normalized spacial score (nSPS) is 14.6. The lowest BCUT2D eigenvalue weighted by molar-refractivity contribution is 0.0958. The highest BCUT2D eigenvalue weighted by atomic mass is 16.1. The quantitative estimate of drug-likeness (QED) is 0.507. The molecule has 1 amide bonds. The number of carbonyl (C=O) groups is 1. The monoisotopic (exact) mass is 442 g/mol. The molecule has 1 aliphatic rings. The molecule has 1 aromatic carbocycles. The maximum absolute atomic E-state index is 12.6. The van der Waals surface area contributed by atoms with Gasteiger partial charge in [0.1, 0.15) is 11.2 Å². The Morgan fingerprint density at radius 2 is 2.00 bits per heavy atom. The van der Waals surface area contributed by atoms with E-state index in [1.54, 1.807) is 30.0 Å². The van der Waals surface area contributed by atoms with Gasteiger partial charge in [0.2, 0.25) is 0 Å². The third-order valence-electron chi connectivity index (χ3n) is 6.28. The molecule has 3 aromatic heterocycles. The summed E-state index contributed by atoms with van der Waals surface area (Å²) >= 11 is 0. The summed E-state index contributed by atoms with van der Waals surface area (Å²) < 4.78 is 1.75. The third-order valence-corrected chi connectivity index (χ3v) is 6.28. The summed E-state index contributed by atoms with van der Waals surface area (Å²) in [4.78, 5) is 34.0. The number of nitrogens with one attached hydrogen (secondary N) is 2. The van der Waals surface area contributed by atoms with Crippen molar-refractivity contribution in [1.82, 2.24) is 29.8 Å². The van der Waals surface area contributed by atoms with Gasteiger partial charge >= 0.3 is 0 Å². The number of nitrogens with zero attached hydrogens (tertiary/aromatic N) is 4. The number of hydrogen-bond donors (Lipinski definition) is 2. The van der Waals surface area contributed by atoms with Crippen molar-refractivity contribution in [2.24, 2.45) is 0 Å². The zero-order valence-electron chi connectivity index (χ0n) is 19.0. The summed E-state index contributed by atoms with van der Waals surface area (Å²) in [5.41, 5.74) is 8.08. The number of carbonyl (C=O) groups excluding carboxylic acids is 1. The topological polar surface area (TPSA) is 95.4 Å². The Kier molecular flexibility index (Phi) is 5.30. The van der Waals surface area contributed by atoms with E-state index in [0.29, 0.717) is 11.2 Å². The molecule has 4 aromatic rings. The molecule has 33 heavy (non-hydrogen) atoms. The Morgan fingerprint density at radius 1 is 1.15 bits per heavy atom. The molecular formula is C25H26N6O2. The second-order valence-corrected chi connectivity index (χ2v) is 8.58. The van der Waals surface area contributed by atoms with Crippen molar-refractivity contribution in [3.63, 3.8) is 0 Å². The molecule has 0 fully saturated rings. The van der Waals surface area contributed by atoms with E-state index in [-0.39, 0.29) is 11.5 Å². The van der Waals surface area contributed by atoms with Crippen LogP contribution in [-0.4, -0.2) is 50.5 Å². The molecule has 0 saturated heterocycles. The number of aryl methyl sites for hydroxylation is 2. The van der Waals surface area contributed by atoms with Gasteiger partial charge in [0.05, 0.1) is 17.2 Å². The number of pyridine rings is 1. The number of H-pyrrole nitrogens is 1. The molecule has 0 unspecified atom stereocenters. The van der Waals surface area contributed by atoms with Gasteiger partial charge in [-0.25, -0.2) is 4.52 Å². The number of aromatic amines is 1. The van der Waals surface area contributed by atoms with Crippen molar-refractivity contribution in [3.05, 3.63) is 81.0 Å². The predicted molar refractivity (Wildman–Crippen MR) is 128 cm³/mol. The van der Waals surface area contributed by atoms with E-state index in [1.807, 2.05) is 13.0 Å². The van der Waals surface area contributed by atoms with Crippen LogP contribution in [0.5, 0.6) is 0 Å². The molecular weight excluding hydrogens is 416 g/mol. The van der Waals surface area contributed by atoms with Crippen molar-refractivity contribution in [1.29, 1.82) is 0 Å². The van der Waals surface area contributed by atoms with E-state index in [2.05, 4.69) is 50.4 Å². The van der Waals surface area contributed by atoms with Gasteiger partial charge < -0.3 is 10.3 Å². The molecule has 0 spiro atoms. The van der Waals surface area contributed by atoms with Crippen LogP contribution in [0.2, 0.25) is 0 Å². The highest BCUT2D eigenvalue weighted by Gasteiger charge is 2.16. The first-order valence-corrected chi connectivity index (χ1v) is 11.0. The maximum Gasteiger partial charge on any atom is 0.274 e. The Hall–Kier alpha value is -3.78. The predicted octanol–water partition coefficient (Wildman–Crippen LogP) is 2.84. The lowest BCUT2D eigenvalue weighted by Gasteiger charge is -2.26. The molecule has 8 heteroatoms. The molecule has 0 aliphatic carbocycles. The van der Waals surface area contributed by atoms with Crippen LogP contribution in [-0.2, 0) is 6.54 Å². The van der Waals surface area contributed by atoms with Gasteiger partial charge in [-0.15, -0.1) is 0 Å². The number of fused-ring (bicyclic) bond motifs is 3. The first kappa shape index (κ1) is 21.1. The van der Waals surface area contributed by atoms with Crippen molar-refractivity contribution >= 4 is 28.0 Å². The number of benzene rings is 1. The standard InChI is InChI=1S/C25H26N6O2/c1-15-10-17(11-21-22(15)31-23(25(33)29-21)16(2)12-28-31)14-30-8-6-18(7-9-30)19-4-5-20(27-13-19)24(32)26-3/h4-6,10-13H,7-9,14H2,1-3H3,(H,26,32)(H,29,33). The molecule has 0 saturated carbocycles. The fraction of sp³-hybridized carbons (Fsp3) is 0.280. The van der Waals surface area contributed by atoms with Crippen LogP contribution < -0.4 is 10.9 Å². The number of rotatable bonds is 4. The van der Waals surface area contributed by atoms with Gasteiger partial charge in [-0.3, -0.25) is 19.5 Å². The number of aromatic nitrogens is 4. The van der Waals surface area contributed by atoms with Crippen LogP contribution >= 0.6 is 0 Å². The van der Waals surface area contributed by atoms with Gasteiger partial charge in [0.25, 0.3) is 11.5 Å². The smallest absolute Gasteiger partial charge is 0.274 e. The zero-order valence-corrected chi connectivity index (χ0v) is 19.0. The Bertz CT molecular complexity index is 1460. The van der Waals surface area contributed by atoms with E-state index in [9.17, 15) is 9.59 Å². The van der Waals surface area contributed by atoms with Crippen LogP contribution in [0.15, 0.2) is 47.5 Å². The second-order valence-electron chi connectivity index (χ2n) is 8.58. The number of hydrogen-bond acceptors (Lipinski definition) is 5. The first-order chi connectivity index (χ1) is 15.9. The number of amides is 1. The van der Waals surface area contributed by atoms with Crippen LogP contribution in [0.1, 0.15) is 39.2 Å². The van der Waals surface area contributed by atoms with E-state index in [1.165, 1.54) is 5.57 Å². The molecule has 0 bridgehead atoms. The summed E-state index contributed by atoms with van der Waals surface area (Å²) in [7, 11) is 1.60. The van der Waals surface area contributed by atoms with E-state index in [4.69, 9.17) is 0 Å². The fourth-order valence-electron chi connectivity index (χ4n) is 4.60. The molecule has 1 aliphatic heterocycles. The van der Waals surface area contributed by atoms with Crippen LogP contribution in [0.3, 0.4) is 0 Å². The minimum atomic E-state index is -0.180. The SMILES string of the molecule is CNC(=O)c1ccc(C2=CCN(Cc3cc(C)c4c(c3)[nH]c(=O)c3c(C)cnn34)CC2)cn1. The summed E-state index contributed by atoms with van der Waals surface area (Å²) in [6.07, 6.45) is 6.65. The zero-order chi connectivity index (χ0) is 23.1. The van der Waals surface area contributed by atoms with Gasteiger partial charge in [-0.2, -0.15) is 5.10 Å². The Balaban J connectivity index is 1.35. The molecule has 2 N–H and O–H groups in total. The summed E-state index contributed by atoms with van der Waals surface area (Å²) in [5.74, 6) is -0.180. The van der Waals surface area contributed by atoms with E-state index in [0.717, 1.165) is 59.3 Å². The van der Waals surface area contributed by atoms with Crippen molar-refractivity contribution in [3.8, 4) is 0 Å². The summed E-state index contributed by atoms with van der Waals surface area (Å²) in [6, 6.07) is 7.95. The van der Waals surface area contributed by atoms with Crippen molar-refractivity contribution < 1.29 is 4.79 Å². The highest BCUT2D eigenvalue weighted by molar-refractivity contribution is 5.92. The second kappa shape index (κ2) is 8.29. The van der Waals surface area contributed by atoms with Crippen LogP contribution in [0.4, 0.5) is 0 Å². The van der Waals surface area contributed by atoms with Gasteiger partial charge in [0.15, 0.2) is 0 Å².